The highest BCUT2D eigenvalue weighted by atomic mass is 16.5. The second-order valence-corrected chi connectivity index (χ2v) is 10.8. The number of nitrogen functional groups attached to an aromatic ring is 1. The van der Waals surface area contributed by atoms with Crippen molar-refractivity contribution >= 4 is 34.4 Å². The Bertz CT molecular complexity index is 1360. The quantitative estimate of drug-likeness (QED) is 0.180. The average Bonchev–Trinajstić information content (AvgIpc) is 3.59. The van der Waals surface area contributed by atoms with Gasteiger partial charge >= 0.3 is 5.97 Å². The number of esters is 1. The lowest BCUT2D eigenvalue weighted by Gasteiger charge is -2.36. The molecule has 0 radical (unpaired) electrons. The van der Waals surface area contributed by atoms with Gasteiger partial charge in [-0.3, -0.25) is 15.0 Å². The van der Waals surface area contributed by atoms with Gasteiger partial charge in [0.2, 0.25) is 5.91 Å². The number of nitrogens with one attached hydrogen (secondary N) is 2. The number of aromatic nitrogens is 2. The zero-order chi connectivity index (χ0) is 28.9. The minimum absolute atomic E-state index is 0.0399. The largest absolute Gasteiger partial charge is 0.466 e. The Morgan fingerprint density at radius 1 is 1.18 bits per heavy atom. The van der Waals surface area contributed by atoms with Crippen LogP contribution in [-0.2, 0) is 33.3 Å². The zero-order valence-corrected chi connectivity index (χ0v) is 24.0. The number of nitrogens with two attached hydrogens (primary N) is 1. The molecule has 10 nitrogen and oxygen atoms in total. The first-order chi connectivity index (χ1) is 19.1. The van der Waals surface area contributed by atoms with Crippen molar-refractivity contribution in [3.05, 3.63) is 59.4 Å². The van der Waals surface area contributed by atoms with Crippen LogP contribution in [0.5, 0.6) is 0 Å². The standard InChI is InChI=1S/C30H41N7O3/c1-5-40-27(38)14-17-35(3)20-30(2,29(39)37-15-6-7-16-37)22-10-13-25-24(18-22)34-26(36(25)4)19-33-23-11-8-21(9-12-23)28(31)32/h8-13,18,33H,5-7,14-17,19-20H2,1-4H3,(H3,31,32). The maximum atomic E-state index is 13.9. The summed E-state index contributed by atoms with van der Waals surface area (Å²) >= 11 is 0. The van der Waals surface area contributed by atoms with Gasteiger partial charge < -0.3 is 30.2 Å². The Morgan fingerprint density at radius 2 is 1.88 bits per heavy atom. The minimum Gasteiger partial charge on any atom is -0.466 e. The zero-order valence-electron chi connectivity index (χ0n) is 24.0. The number of likely N-dealkylation sites (N-methyl/N-ethyl adjacent to an activating group) is 1. The SMILES string of the molecule is CCOC(=O)CCN(C)CC(C)(C(=O)N1CCCC1)c1ccc2c(c1)nc(CNc1ccc(C(=N)N)cc1)n2C. The predicted molar refractivity (Wildman–Crippen MR) is 157 cm³/mol. The van der Waals surface area contributed by atoms with Crippen molar-refractivity contribution in [2.75, 3.05) is 45.2 Å². The molecule has 0 spiro atoms. The molecule has 1 aromatic heterocycles. The Hall–Kier alpha value is -3.92. The van der Waals surface area contributed by atoms with E-state index in [0.717, 1.165) is 54.0 Å². The van der Waals surface area contributed by atoms with Crippen LogP contribution in [0.1, 0.15) is 50.1 Å². The summed E-state index contributed by atoms with van der Waals surface area (Å²) in [5, 5.41) is 10.9. The van der Waals surface area contributed by atoms with Crippen LogP contribution >= 0.6 is 0 Å². The van der Waals surface area contributed by atoms with Crippen LogP contribution < -0.4 is 11.1 Å². The molecule has 3 aromatic rings. The smallest absolute Gasteiger partial charge is 0.307 e. The van der Waals surface area contributed by atoms with Gasteiger partial charge in [-0.25, -0.2) is 4.98 Å². The highest BCUT2D eigenvalue weighted by Gasteiger charge is 2.40. The van der Waals surface area contributed by atoms with Gasteiger partial charge in [0.05, 0.1) is 36.0 Å². The molecule has 214 valence electrons. The summed E-state index contributed by atoms with van der Waals surface area (Å²) in [7, 11) is 3.93. The van der Waals surface area contributed by atoms with Crippen molar-refractivity contribution in [3.63, 3.8) is 0 Å². The second kappa shape index (κ2) is 12.5. The van der Waals surface area contributed by atoms with E-state index < -0.39 is 5.41 Å². The molecule has 0 aliphatic carbocycles. The third kappa shape index (κ3) is 6.44. The van der Waals surface area contributed by atoms with Gasteiger partial charge in [-0.15, -0.1) is 0 Å². The normalized spacial score (nSPS) is 14.9. The number of rotatable bonds is 12. The van der Waals surface area contributed by atoms with Crippen molar-refractivity contribution in [1.82, 2.24) is 19.4 Å². The first-order valence-corrected chi connectivity index (χ1v) is 13.9. The number of carbonyl (C=O) groups is 2. The number of ether oxygens (including phenoxy) is 1. The Balaban J connectivity index is 1.57. The van der Waals surface area contributed by atoms with E-state index in [4.69, 9.17) is 20.9 Å². The van der Waals surface area contributed by atoms with E-state index in [2.05, 4.69) is 9.88 Å². The number of benzene rings is 2. The van der Waals surface area contributed by atoms with Crippen LogP contribution in [-0.4, -0.2) is 76.9 Å². The van der Waals surface area contributed by atoms with Gasteiger partial charge in [0.25, 0.3) is 0 Å². The molecular weight excluding hydrogens is 506 g/mol. The van der Waals surface area contributed by atoms with Crippen LogP contribution in [0.25, 0.3) is 11.0 Å². The molecule has 2 aromatic carbocycles. The van der Waals surface area contributed by atoms with Crippen molar-refractivity contribution in [1.29, 1.82) is 5.41 Å². The van der Waals surface area contributed by atoms with Gasteiger partial charge in [0.15, 0.2) is 0 Å². The maximum absolute atomic E-state index is 13.9. The van der Waals surface area contributed by atoms with Crippen LogP contribution in [0.15, 0.2) is 42.5 Å². The molecular formula is C30H41N7O3. The van der Waals surface area contributed by atoms with E-state index in [1.807, 2.05) is 73.3 Å². The van der Waals surface area contributed by atoms with E-state index >= 15 is 0 Å². The minimum atomic E-state index is -0.795. The summed E-state index contributed by atoms with van der Waals surface area (Å²) < 4.78 is 7.15. The van der Waals surface area contributed by atoms with E-state index in [9.17, 15) is 9.59 Å². The topological polar surface area (TPSA) is 130 Å². The third-order valence-electron chi connectivity index (χ3n) is 7.71. The first-order valence-electron chi connectivity index (χ1n) is 13.9. The highest BCUT2D eigenvalue weighted by Crippen LogP contribution is 2.32. The monoisotopic (exact) mass is 547 g/mol. The van der Waals surface area contributed by atoms with Gasteiger partial charge in [-0.05, 0) is 75.7 Å². The van der Waals surface area contributed by atoms with Crippen LogP contribution in [0.3, 0.4) is 0 Å². The highest BCUT2D eigenvalue weighted by molar-refractivity contribution is 5.95. The fourth-order valence-electron chi connectivity index (χ4n) is 5.39. The Morgan fingerprint density at radius 3 is 2.52 bits per heavy atom. The predicted octanol–water partition coefficient (Wildman–Crippen LogP) is 3.23. The van der Waals surface area contributed by atoms with Gasteiger partial charge in [0, 0.05) is 44.5 Å². The number of carbonyl (C=O) groups excluding carboxylic acids is 2. The van der Waals surface area contributed by atoms with Crippen molar-refractivity contribution in [2.45, 2.75) is 45.1 Å². The molecule has 1 atom stereocenters. The molecule has 4 rings (SSSR count). The van der Waals surface area contributed by atoms with E-state index in [1.165, 1.54) is 0 Å². The molecule has 1 fully saturated rings. The third-order valence-corrected chi connectivity index (χ3v) is 7.71. The molecule has 1 saturated heterocycles. The maximum Gasteiger partial charge on any atom is 0.307 e. The summed E-state index contributed by atoms with van der Waals surface area (Å²) in [4.78, 5) is 34.8. The van der Waals surface area contributed by atoms with E-state index in [0.29, 0.717) is 31.8 Å². The lowest BCUT2D eigenvalue weighted by molar-refractivity contribution is -0.143. The lowest BCUT2D eigenvalue weighted by Crippen LogP contribution is -2.50. The number of amidine groups is 1. The number of amides is 1. The molecule has 0 saturated carbocycles. The molecule has 40 heavy (non-hydrogen) atoms. The van der Waals surface area contributed by atoms with Crippen molar-refractivity contribution in [3.8, 4) is 0 Å². The summed E-state index contributed by atoms with van der Waals surface area (Å²) in [5.74, 6) is 0.784. The molecule has 4 N–H and O–H groups in total. The number of nitrogens with zero attached hydrogens (tertiary/aromatic N) is 4. The summed E-state index contributed by atoms with van der Waals surface area (Å²) in [6.07, 6.45) is 2.33. The molecule has 2 heterocycles. The van der Waals surface area contributed by atoms with E-state index in [-0.39, 0.29) is 24.1 Å². The van der Waals surface area contributed by atoms with Gasteiger partial charge in [0.1, 0.15) is 11.7 Å². The molecule has 1 aliphatic rings. The second-order valence-electron chi connectivity index (χ2n) is 10.8. The molecule has 1 amide bonds. The number of fused-ring (bicyclic) bond motifs is 1. The number of anilines is 1. The Kier molecular flexibility index (Phi) is 9.09. The Labute approximate surface area is 236 Å². The fraction of sp³-hybridized carbons (Fsp3) is 0.467. The summed E-state index contributed by atoms with van der Waals surface area (Å²) in [6, 6.07) is 13.5. The van der Waals surface area contributed by atoms with Crippen molar-refractivity contribution < 1.29 is 14.3 Å². The summed E-state index contributed by atoms with van der Waals surface area (Å²) in [5.41, 5.74) is 9.08. The lowest BCUT2D eigenvalue weighted by atomic mass is 9.80. The molecule has 1 aliphatic heterocycles. The van der Waals surface area contributed by atoms with Crippen molar-refractivity contribution in [2.24, 2.45) is 12.8 Å². The first kappa shape index (κ1) is 29.1. The number of hydrogen-bond donors (Lipinski definition) is 3. The van der Waals surface area contributed by atoms with Gasteiger partial charge in [-0.2, -0.15) is 0 Å². The fourth-order valence-corrected chi connectivity index (χ4v) is 5.39. The number of aryl methyl sites for hydroxylation is 1. The van der Waals surface area contributed by atoms with Crippen LogP contribution in [0.4, 0.5) is 5.69 Å². The average molecular weight is 548 g/mol. The van der Waals surface area contributed by atoms with E-state index in [1.54, 1.807) is 6.92 Å². The van der Waals surface area contributed by atoms with Crippen LogP contribution in [0.2, 0.25) is 0 Å². The van der Waals surface area contributed by atoms with Gasteiger partial charge in [-0.1, -0.05) is 6.07 Å². The molecule has 0 bridgehead atoms. The molecule has 10 heteroatoms. The number of imidazole rings is 1. The molecule has 1 unspecified atom stereocenters. The number of hydrogen-bond acceptors (Lipinski definition) is 7. The number of likely N-dealkylation sites (tertiary alicyclic amines) is 1. The summed E-state index contributed by atoms with van der Waals surface area (Å²) in [6.45, 7) is 7.22. The van der Waals surface area contributed by atoms with Crippen LogP contribution in [0, 0.1) is 5.41 Å².